The zero-order valence-electron chi connectivity index (χ0n) is 9.80. The molecule has 2 aromatic rings. The summed E-state index contributed by atoms with van der Waals surface area (Å²) in [6.07, 6.45) is 1.40. The number of nitrogens with one attached hydrogen (secondary N) is 2. The molecule has 17 heavy (non-hydrogen) atoms. The zero-order chi connectivity index (χ0) is 12.3. The molecular weight excluding hydrogens is 222 g/mol. The molecule has 2 N–H and O–H groups in total. The molecule has 0 atom stereocenters. The number of nitrogens with zero attached hydrogens (tertiary/aromatic N) is 3. The maximum atomic E-state index is 11.2. The minimum absolute atomic E-state index is 0.305. The standard InChI is InChI=1S/C10H15N5O2/c1-7(2)11-3-4-17-9-5-8-13-14-10(16)15(8)6-12-9/h5-7,11H,3-4H2,1-2H3,(H,14,16). The van der Waals surface area contributed by atoms with Gasteiger partial charge in [0.25, 0.3) is 0 Å². The number of rotatable bonds is 5. The highest BCUT2D eigenvalue weighted by molar-refractivity contribution is 5.38. The van der Waals surface area contributed by atoms with Gasteiger partial charge in [-0.25, -0.2) is 19.3 Å². The third kappa shape index (κ3) is 2.82. The van der Waals surface area contributed by atoms with E-state index in [2.05, 4.69) is 34.3 Å². The van der Waals surface area contributed by atoms with Crippen molar-refractivity contribution in [3.05, 3.63) is 22.9 Å². The van der Waals surface area contributed by atoms with Crippen LogP contribution in [0, 0.1) is 0 Å². The van der Waals surface area contributed by atoms with Crippen LogP contribution in [0.4, 0.5) is 0 Å². The second-order valence-electron chi connectivity index (χ2n) is 3.94. The molecule has 2 rings (SSSR count). The van der Waals surface area contributed by atoms with E-state index in [4.69, 9.17) is 4.74 Å². The fourth-order valence-electron chi connectivity index (χ4n) is 1.37. The number of ether oxygens (including phenoxy) is 1. The Balaban J connectivity index is 1.97. The van der Waals surface area contributed by atoms with E-state index in [1.54, 1.807) is 6.07 Å². The zero-order valence-corrected chi connectivity index (χ0v) is 9.80. The van der Waals surface area contributed by atoms with Crippen molar-refractivity contribution in [2.45, 2.75) is 19.9 Å². The van der Waals surface area contributed by atoms with E-state index in [-0.39, 0.29) is 5.69 Å². The maximum absolute atomic E-state index is 11.2. The fraction of sp³-hybridized carbons (Fsp3) is 0.500. The van der Waals surface area contributed by atoms with Crippen LogP contribution in [0.2, 0.25) is 0 Å². The third-order valence-corrected chi connectivity index (χ3v) is 2.19. The molecular formula is C10H15N5O2. The molecule has 2 aromatic heterocycles. The Hall–Kier alpha value is -1.89. The van der Waals surface area contributed by atoms with Gasteiger partial charge in [-0.15, -0.1) is 0 Å². The van der Waals surface area contributed by atoms with Crippen molar-refractivity contribution in [2.75, 3.05) is 13.2 Å². The van der Waals surface area contributed by atoms with Crippen molar-refractivity contribution >= 4 is 5.65 Å². The molecule has 92 valence electrons. The number of hydrogen-bond acceptors (Lipinski definition) is 5. The first-order valence-electron chi connectivity index (χ1n) is 5.46. The van der Waals surface area contributed by atoms with Crippen LogP contribution >= 0.6 is 0 Å². The molecule has 0 spiro atoms. The van der Waals surface area contributed by atoms with Crippen molar-refractivity contribution in [1.82, 2.24) is 24.9 Å². The summed E-state index contributed by atoms with van der Waals surface area (Å²) in [7, 11) is 0. The summed E-state index contributed by atoms with van der Waals surface area (Å²) in [4.78, 5) is 15.2. The average Bonchev–Trinajstić information content (AvgIpc) is 2.66. The highest BCUT2D eigenvalue weighted by Crippen LogP contribution is 2.06. The van der Waals surface area contributed by atoms with Crippen LogP contribution < -0.4 is 15.7 Å². The first-order valence-corrected chi connectivity index (χ1v) is 5.46. The van der Waals surface area contributed by atoms with Gasteiger partial charge in [-0.2, -0.15) is 5.10 Å². The summed E-state index contributed by atoms with van der Waals surface area (Å²) < 4.78 is 6.75. The number of H-pyrrole nitrogens is 1. The lowest BCUT2D eigenvalue weighted by atomic mass is 10.4. The molecule has 0 aliphatic heterocycles. The SMILES string of the molecule is CC(C)NCCOc1cc2n[nH]c(=O)n2cn1. The molecule has 7 heteroatoms. The normalized spacial score (nSPS) is 11.2. The molecule has 0 aromatic carbocycles. The molecule has 0 fully saturated rings. The predicted octanol–water partition coefficient (Wildman–Crippen LogP) is -0.206. The van der Waals surface area contributed by atoms with Gasteiger partial charge < -0.3 is 10.1 Å². The fourth-order valence-corrected chi connectivity index (χ4v) is 1.37. The topological polar surface area (TPSA) is 84.3 Å². The molecule has 0 aliphatic rings. The van der Waals surface area contributed by atoms with Crippen LogP contribution in [0.25, 0.3) is 5.65 Å². The third-order valence-electron chi connectivity index (χ3n) is 2.19. The van der Waals surface area contributed by atoms with Crippen molar-refractivity contribution in [2.24, 2.45) is 0 Å². The Kier molecular flexibility index (Phi) is 3.38. The van der Waals surface area contributed by atoms with E-state index in [1.165, 1.54) is 10.7 Å². The molecule has 0 unspecified atom stereocenters. The molecule has 7 nitrogen and oxygen atoms in total. The second-order valence-corrected chi connectivity index (χ2v) is 3.94. The highest BCUT2D eigenvalue weighted by atomic mass is 16.5. The number of aromatic nitrogens is 4. The van der Waals surface area contributed by atoms with Crippen LogP contribution in [0.15, 0.2) is 17.2 Å². The lowest BCUT2D eigenvalue weighted by molar-refractivity contribution is 0.297. The summed E-state index contributed by atoms with van der Waals surface area (Å²) in [5.41, 5.74) is 0.192. The van der Waals surface area contributed by atoms with Crippen LogP contribution in [0.1, 0.15) is 13.8 Å². The van der Waals surface area contributed by atoms with Crippen molar-refractivity contribution in [3.63, 3.8) is 0 Å². The molecule has 0 aliphatic carbocycles. The summed E-state index contributed by atoms with van der Waals surface area (Å²) in [5.74, 6) is 0.460. The van der Waals surface area contributed by atoms with Gasteiger partial charge in [0, 0.05) is 18.7 Å². The summed E-state index contributed by atoms with van der Waals surface area (Å²) in [6, 6.07) is 2.05. The van der Waals surface area contributed by atoms with Gasteiger partial charge in [0.15, 0.2) is 5.65 Å². The first kappa shape index (κ1) is 11.6. The van der Waals surface area contributed by atoms with E-state index in [0.717, 1.165) is 6.54 Å². The predicted molar refractivity (Wildman–Crippen MR) is 62.2 cm³/mol. The van der Waals surface area contributed by atoms with Gasteiger partial charge in [0.05, 0.1) is 0 Å². The van der Waals surface area contributed by atoms with Crippen molar-refractivity contribution < 1.29 is 4.74 Å². The monoisotopic (exact) mass is 237 g/mol. The van der Waals surface area contributed by atoms with E-state index >= 15 is 0 Å². The lowest BCUT2D eigenvalue weighted by Gasteiger charge is -2.08. The molecule has 0 saturated carbocycles. The smallest absolute Gasteiger partial charge is 0.348 e. The molecule has 0 amide bonds. The Labute approximate surface area is 97.8 Å². The molecule has 2 heterocycles. The second kappa shape index (κ2) is 4.96. The van der Waals surface area contributed by atoms with Gasteiger partial charge in [0.1, 0.15) is 12.9 Å². The summed E-state index contributed by atoms with van der Waals surface area (Å²) in [6.45, 7) is 5.41. The van der Waals surface area contributed by atoms with Crippen LogP contribution in [-0.2, 0) is 0 Å². The Morgan fingerprint density at radius 2 is 2.41 bits per heavy atom. The van der Waals surface area contributed by atoms with Crippen molar-refractivity contribution in [1.29, 1.82) is 0 Å². The van der Waals surface area contributed by atoms with E-state index in [1.807, 2.05) is 0 Å². The largest absolute Gasteiger partial charge is 0.476 e. The Morgan fingerprint density at radius 1 is 1.59 bits per heavy atom. The Bertz CT molecular complexity index is 545. The van der Waals surface area contributed by atoms with Gasteiger partial charge in [-0.1, -0.05) is 13.8 Å². The van der Waals surface area contributed by atoms with E-state index < -0.39 is 0 Å². The maximum Gasteiger partial charge on any atom is 0.348 e. The lowest BCUT2D eigenvalue weighted by Crippen LogP contribution is -2.27. The Morgan fingerprint density at radius 3 is 3.18 bits per heavy atom. The summed E-state index contributed by atoms with van der Waals surface area (Å²) in [5, 5.41) is 9.39. The van der Waals surface area contributed by atoms with E-state index in [0.29, 0.717) is 24.2 Å². The summed E-state index contributed by atoms with van der Waals surface area (Å²) >= 11 is 0. The first-order chi connectivity index (χ1) is 8.16. The number of fused-ring (bicyclic) bond motifs is 1. The van der Waals surface area contributed by atoms with Crippen molar-refractivity contribution in [3.8, 4) is 5.88 Å². The van der Waals surface area contributed by atoms with Gasteiger partial charge >= 0.3 is 5.69 Å². The average molecular weight is 237 g/mol. The minimum atomic E-state index is -0.305. The molecule has 0 saturated heterocycles. The quantitative estimate of drug-likeness (QED) is 0.703. The van der Waals surface area contributed by atoms with Crippen LogP contribution in [-0.4, -0.2) is 38.8 Å². The van der Waals surface area contributed by atoms with Gasteiger partial charge in [0.2, 0.25) is 5.88 Å². The number of aromatic amines is 1. The minimum Gasteiger partial charge on any atom is -0.476 e. The van der Waals surface area contributed by atoms with Crippen LogP contribution in [0.3, 0.4) is 0 Å². The molecule has 0 radical (unpaired) electrons. The number of hydrogen-bond donors (Lipinski definition) is 2. The highest BCUT2D eigenvalue weighted by Gasteiger charge is 2.02. The van der Waals surface area contributed by atoms with Gasteiger partial charge in [-0.3, -0.25) is 0 Å². The van der Waals surface area contributed by atoms with Gasteiger partial charge in [-0.05, 0) is 0 Å². The molecule has 0 bridgehead atoms. The van der Waals surface area contributed by atoms with Crippen LogP contribution in [0.5, 0.6) is 5.88 Å². The van der Waals surface area contributed by atoms with E-state index in [9.17, 15) is 4.79 Å².